The van der Waals surface area contributed by atoms with Crippen molar-refractivity contribution in [1.29, 1.82) is 0 Å². The van der Waals surface area contributed by atoms with Gasteiger partial charge in [-0.05, 0) is 36.1 Å². The van der Waals surface area contributed by atoms with E-state index < -0.39 is 0 Å². The zero-order valence-corrected chi connectivity index (χ0v) is 17.9. The number of nitrogens with zero attached hydrogens (tertiary/aromatic N) is 1. The molecule has 2 amide bonds. The second kappa shape index (κ2) is 10.5. The summed E-state index contributed by atoms with van der Waals surface area (Å²) in [7, 11) is 1.63. The smallest absolute Gasteiger partial charge is 0.226 e. The summed E-state index contributed by atoms with van der Waals surface area (Å²) in [6.07, 6.45) is 1.84. The van der Waals surface area contributed by atoms with Gasteiger partial charge in [-0.1, -0.05) is 36.4 Å². The van der Waals surface area contributed by atoms with Crippen LogP contribution in [-0.2, 0) is 22.4 Å². The second-order valence-corrected chi connectivity index (χ2v) is 7.72. The molecule has 0 aliphatic heterocycles. The normalized spacial score (nSPS) is 10.5. The Morgan fingerprint density at radius 1 is 1.00 bits per heavy atom. The average molecular weight is 424 g/mol. The first-order valence-corrected chi connectivity index (χ1v) is 10.6. The van der Waals surface area contributed by atoms with Gasteiger partial charge in [0, 0.05) is 30.8 Å². The standard InChI is InChI=1S/C23H25N3O3S/c1-16(27)24-14-13-18-3-8-19(9-4-18)21-15-30-23(25-21)26-22(28)12-7-17-5-10-20(29-2)11-6-17/h3-6,8-11,15H,7,12-14H2,1-2H3,(H,24,27)(H,25,26,28). The highest BCUT2D eigenvalue weighted by Crippen LogP contribution is 2.25. The Kier molecular flexibility index (Phi) is 7.57. The fourth-order valence-electron chi connectivity index (χ4n) is 2.92. The van der Waals surface area contributed by atoms with E-state index in [0.29, 0.717) is 24.5 Å². The van der Waals surface area contributed by atoms with Crippen LogP contribution in [0.25, 0.3) is 11.3 Å². The molecule has 0 unspecified atom stereocenters. The quantitative estimate of drug-likeness (QED) is 0.544. The number of nitrogens with one attached hydrogen (secondary N) is 2. The first kappa shape index (κ1) is 21.5. The van der Waals surface area contributed by atoms with Gasteiger partial charge < -0.3 is 15.4 Å². The third-order valence-corrected chi connectivity index (χ3v) is 5.35. The van der Waals surface area contributed by atoms with Crippen LogP contribution >= 0.6 is 11.3 Å². The molecule has 6 nitrogen and oxygen atoms in total. The van der Waals surface area contributed by atoms with Crippen LogP contribution in [0.2, 0.25) is 0 Å². The van der Waals surface area contributed by atoms with E-state index in [0.717, 1.165) is 34.6 Å². The van der Waals surface area contributed by atoms with Crippen molar-refractivity contribution in [3.8, 4) is 17.0 Å². The third kappa shape index (κ3) is 6.42. The zero-order chi connectivity index (χ0) is 21.3. The molecular formula is C23H25N3O3S. The lowest BCUT2D eigenvalue weighted by Gasteiger charge is -2.04. The molecule has 0 radical (unpaired) electrons. The van der Waals surface area contributed by atoms with Gasteiger partial charge in [-0.25, -0.2) is 4.98 Å². The molecule has 3 rings (SSSR count). The van der Waals surface area contributed by atoms with E-state index in [1.807, 2.05) is 53.9 Å². The summed E-state index contributed by atoms with van der Waals surface area (Å²) in [5.74, 6) is 0.729. The van der Waals surface area contributed by atoms with Crippen molar-refractivity contribution in [2.45, 2.75) is 26.2 Å². The molecule has 0 spiro atoms. The molecule has 2 N–H and O–H groups in total. The summed E-state index contributed by atoms with van der Waals surface area (Å²) in [5, 5.41) is 8.20. The number of carbonyl (C=O) groups excluding carboxylic acids is 2. The van der Waals surface area contributed by atoms with Crippen LogP contribution in [0.5, 0.6) is 5.75 Å². The van der Waals surface area contributed by atoms with Crippen LogP contribution in [0, 0.1) is 0 Å². The third-order valence-electron chi connectivity index (χ3n) is 4.59. The highest BCUT2D eigenvalue weighted by atomic mass is 32.1. The van der Waals surface area contributed by atoms with E-state index in [1.165, 1.54) is 18.3 Å². The molecular weight excluding hydrogens is 398 g/mol. The van der Waals surface area contributed by atoms with Crippen LogP contribution in [-0.4, -0.2) is 30.5 Å². The van der Waals surface area contributed by atoms with Crippen LogP contribution in [0.3, 0.4) is 0 Å². The number of hydrogen-bond acceptors (Lipinski definition) is 5. The van der Waals surface area contributed by atoms with Crippen LogP contribution in [0.15, 0.2) is 53.9 Å². The lowest BCUT2D eigenvalue weighted by molar-refractivity contribution is -0.119. The molecule has 0 atom stereocenters. The molecule has 3 aromatic rings. The van der Waals surface area contributed by atoms with Gasteiger partial charge in [-0.3, -0.25) is 9.59 Å². The van der Waals surface area contributed by atoms with E-state index in [4.69, 9.17) is 4.74 Å². The number of benzene rings is 2. The molecule has 0 saturated carbocycles. The minimum Gasteiger partial charge on any atom is -0.497 e. The van der Waals surface area contributed by atoms with Gasteiger partial charge in [0.25, 0.3) is 0 Å². The number of methoxy groups -OCH3 is 1. The number of anilines is 1. The molecule has 7 heteroatoms. The summed E-state index contributed by atoms with van der Waals surface area (Å²) in [5.41, 5.74) is 4.06. The number of amides is 2. The van der Waals surface area contributed by atoms with Crippen molar-refractivity contribution < 1.29 is 14.3 Å². The molecule has 0 aliphatic rings. The first-order valence-electron chi connectivity index (χ1n) is 9.75. The lowest BCUT2D eigenvalue weighted by atomic mass is 10.1. The molecule has 2 aromatic carbocycles. The maximum Gasteiger partial charge on any atom is 0.226 e. The molecule has 30 heavy (non-hydrogen) atoms. The van der Waals surface area contributed by atoms with E-state index in [1.54, 1.807) is 7.11 Å². The number of ether oxygens (including phenoxy) is 1. The van der Waals surface area contributed by atoms with E-state index in [9.17, 15) is 9.59 Å². The fraction of sp³-hybridized carbons (Fsp3) is 0.261. The van der Waals surface area contributed by atoms with E-state index in [-0.39, 0.29) is 11.8 Å². The van der Waals surface area contributed by atoms with Gasteiger partial charge >= 0.3 is 0 Å². The van der Waals surface area contributed by atoms with E-state index >= 15 is 0 Å². The van der Waals surface area contributed by atoms with Gasteiger partial charge in [-0.15, -0.1) is 11.3 Å². The van der Waals surface area contributed by atoms with Crippen molar-refractivity contribution >= 4 is 28.3 Å². The summed E-state index contributed by atoms with van der Waals surface area (Å²) in [4.78, 5) is 27.7. The maximum absolute atomic E-state index is 12.2. The molecule has 0 aliphatic carbocycles. The number of rotatable bonds is 9. The van der Waals surface area contributed by atoms with Gasteiger partial charge in [0.1, 0.15) is 5.75 Å². The number of aryl methyl sites for hydroxylation is 1. The van der Waals surface area contributed by atoms with Gasteiger partial charge in [0.15, 0.2) is 5.13 Å². The minimum atomic E-state index is -0.0555. The zero-order valence-electron chi connectivity index (χ0n) is 17.1. The van der Waals surface area contributed by atoms with Crippen LogP contribution < -0.4 is 15.4 Å². The Morgan fingerprint density at radius 2 is 1.67 bits per heavy atom. The topological polar surface area (TPSA) is 80.3 Å². The fourth-order valence-corrected chi connectivity index (χ4v) is 3.66. The van der Waals surface area contributed by atoms with Crippen molar-refractivity contribution in [3.63, 3.8) is 0 Å². The second-order valence-electron chi connectivity index (χ2n) is 6.86. The lowest BCUT2D eigenvalue weighted by Crippen LogP contribution is -2.22. The van der Waals surface area contributed by atoms with Gasteiger partial charge in [0.05, 0.1) is 12.8 Å². The summed E-state index contributed by atoms with van der Waals surface area (Å²) in [6, 6.07) is 15.8. The maximum atomic E-state index is 12.2. The van der Waals surface area contributed by atoms with Gasteiger partial charge in [-0.2, -0.15) is 0 Å². The number of thiazole rings is 1. The highest BCUT2D eigenvalue weighted by Gasteiger charge is 2.09. The van der Waals surface area contributed by atoms with Crippen molar-refractivity contribution in [1.82, 2.24) is 10.3 Å². The minimum absolute atomic E-state index is 0.0207. The van der Waals surface area contributed by atoms with Crippen LogP contribution in [0.4, 0.5) is 5.13 Å². The summed E-state index contributed by atoms with van der Waals surface area (Å²) >= 11 is 1.41. The van der Waals surface area contributed by atoms with Crippen molar-refractivity contribution in [2.75, 3.05) is 19.0 Å². The largest absolute Gasteiger partial charge is 0.497 e. The molecule has 0 saturated heterocycles. The predicted molar refractivity (Wildman–Crippen MR) is 120 cm³/mol. The molecule has 1 heterocycles. The number of aromatic nitrogens is 1. The van der Waals surface area contributed by atoms with Crippen LogP contribution in [0.1, 0.15) is 24.5 Å². The summed E-state index contributed by atoms with van der Waals surface area (Å²) in [6.45, 7) is 2.14. The molecule has 156 valence electrons. The number of carbonyl (C=O) groups is 2. The Bertz CT molecular complexity index is 982. The van der Waals surface area contributed by atoms with Crippen molar-refractivity contribution in [2.24, 2.45) is 0 Å². The first-order chi connectivity index (χ1) is 14.5. The Morgan fingerprint density at radius 3 is 2.33 bits per heavy atom. The molecule has 0 fully saturated rings. The Hall–Kier alpha value is -3.19. The Balaban J connectivity index is 1.50. The molecule has 1 aromatic heterocycles. The van der Waals surface area contributed by atoms with Gasteiger partial charge in [0.2, 0.25) is 11.8 Å². The Labute approximate surface area is 180 Å². The van der Waals surface area contributed by atoms with Crippen molar-refractivity contribution in [3.05, 3.63) is 65.0 Å². The highest BCUT2D eigenvalue weighted by molar-refractivity contribution is 7.14. The molecule has 0 bridgehead atoms. The monoisotopic (exact) mass is 423 g/mol. The summed E-state index contributed by atoms with van der Waals surface area (Å²) < 4.78 is 5.14. The predicted octanol–water partition coefficient (Wildman–Crippen LogP) is 4.07. The average Bonchev–Trinajstić information content (AvgIpc) is 3.21. The number of hydrogen-bond donors (Lipinski definition) is 2. The SMILES string of the molecule is COc1ccc(CCC(=O)Nc2nc(-c3ccc(CCNC(C)=O)cc3)cs2)cc1. The van der Waals surface area contributed by atoms with E-state index in [2.05, 4.69) is 15.6 Å².